The minimum Gasteiger partial charge on any atom is -0.345 e. The Bertz CT molecular complexity index is 640. The van der Waals surface area contributed by atoms with Crippen molar-refractivity contribution < 1.29 is 18.8 Å². The number of carbonyl (C=O) groups is 3. The van der Waals surface area contributed by atoms with Crippen LogP contribution in [0.3, 0.4) is 0 Å². The molecule has 1 fully saturated rings. The fourth-order valence-electron chi connectivity index (χ4n) is 2.04. The number of hydrogen-bond acceptors (Lipinski definition) is 3. The number of rotatable bonds is 2. The smallest absolute Gasteiger partial charge is 0.329 e. The highest BCUT2D eigenvalue weighted by molar-refractivity contribution is 6.23. The third kappa shape index (κ3) is 2.46. The minimum atomic E-state index is -1.03. The quantitative estimate of drug-likeness (QED) is 0.837. The van der Waals surface area contributed by atoms with E-state index in [0.29, 0.717) is 0 Å². The number of nitrogens with zero attached hydrogens (tertiary/aromatic N) is 2. The molecule has 1 aromatic rings. The minimum absolute atomic E-state index is 0.162. The molecular formula is C14H16FN3O3. The highest BCUT2D eigenvalue weighted by Gasteiger charge is 2.45. The van der Waals surface area contributed by atoms with Gasteiger partial charge >= 0.3 is 6.03 Å². The molecule has 0 aliphatic carbocycles. The van der Waals surface area contributed by atoms with Gasteiger partial charge in [-0.2, -0.15) is 0 Å². The van der Waals surface area contributed by atoms with Crippen LogP contribution in [0, 0.1) is 5.82 Å². The van der Waals surface area contributed by atoms with Crippen molar-refractivity contribution in [1.82, 2.24) is 10.2 Å². The fourth-order valence-corrected chi connectivity index (χ4v) is 2.04. The molecule has 2 rings (SSSR count). The lowest BCUT2D eigenvalue weighted by molar-refractivity contribution is -0.121. The van der Waals surface area contributed by atoms with E-state index < -0.39 is 29.2 Å². The molecule has 1 saturated heterocycles. The second-order valence-electron chi connectivity index (χ2n) is 5.56. The van der Waals surface area contributed by atoms with Crippen LogP contribution in [0.25, 0.3) is 0 Å². The van der Waals surface area contributed by atoms with Crippen molar-refractivity contribution in [3.8, 4) is 0 Å². The van der Waals surface area contributed by atoms with Crippen LogP contribution in [0.4, 0.5) is 14.9 Å². The van der Waals surface area contributed by atoms with E-state index in [1.165, 1.54) is 31.1 Å². The van der Waals surface area contributed by atoms with Crippen molar-refractivity contribution in [2.45, 2.75) is 19.4 Å². The molecule has 112 valence electrons. The van der Waals surface area contributed by atoms with E-state index in [-0.39, 0.29) is 11.3 Å². The van der Waals surface area contributed by atoms with Crippen molar-refractivity contribution >= 4 is 23.5 Å². The highest BCUT2D eigenvalue weighted by atomic mass is 19.1. The zero-order valence-corrected chi connectivity index (χ0v) is 12.2. The Hall–Kier alpha value is -2.44. The molecule has 0 spiro atoms. The van der Waals surface area contributed by atoms with Crippen LogP contribution >= 0.6 is 0 Å². The number of amides is 4. The molecule has 21 heavy (non-hydrogen) atoms. The van der Waals surface area contributed by atoms with Gasteiger partial charge < -0.3 is 10.2 Å². The first-order valence-electron chi connectivity index (χ1n) is 6.33. The molecule has 1 heterocycles. The summed E-state index contributed by atoms with van der Waals surface area (Å²) in [7, 11) is 2.98. The van der Waals surface area contributed by atoms with E-state index in [2.05, 4.69) is 5.32 Å². The molecule has 0 radical (unpaired) electrons. The summed E-state index contributed by atoms with van der Waals surface area (Å²) in [6.45, 7) is 3.14. The number of halogens is 1. The molecule has 0 atom stereocenters. The van der Waals surface area contributed by atoms with E-state index in [1.807, 2.05) is 0 Å². The van der Waals surface area contributed by atoms with Gasteiger partial charge in [-0.25, -0.2) is 14.1 Å². The molecule has 1 aliphatic rings. The van der Waals surface area contributed by atoms with Crippen molar-refractivity contribution in [2.24, 2.45) is 0 Å². The van der Waals surface area contributed by atoms with E-state index in [0.717, 1.165) is 11.0 Å². The maximum absolute atomic E-state index is 13.8. The number of hydrogen-bond donors (Lipinski definition) is 1. The number of urea groups is 1. The first kappa shape index (κ1) is 15.0. The average Bonchev–Trinajstić information content (AvgIpc) is 2.58. The maximum Gasteiger partial charge on any atom is 0.329 e. The largest absolute Gasteiger partial charge is 0.345 e. The van der Waals surface area contributed by atoms with Crippen LogP contribution in [0.2, 0.25) is 0 Å². The summed E-state index contributed by atoms with van der Waals surface area (Å²) in [5.74, 6) is -1.70. The van der Waals surface area contributed by atoms with Gasteiger partial charge in [0.15, 0.2) is 0 Å². The highest BCUT2D eigenvalue weighted by Crippen LogP contribution is 2.26. The van der Waals surface area contributed by atoms with Gasteiger partial charge in [0.1, 0.15) is 11.4 Å². The summed E-state index contributed by atoms with van der Waals surface area (Å²) in [4.78, 5) is 38.1. The second-order valence-corrected chi connectivity index (χ2v) is 5.56. The molecular weight excluding hydrogens is 277 g/mol. The molecule has 0 aromatic heterocycles. The van der Waals surface area contributed by atoms with Crippen LogP contribution < -0.4 is 10.2 Å². The third-order valence-corrected chi connectivity index (χ3v) is 3.21. The van der Waals surface area contributed by atoms with E-state index in [1.54, 1.807) is 13.8 Å². The second kappa shape index (κ2) is 4.83. The zero-order valence-electron chi connectivity index (χ0n) is 12.2. The Morgan fingerprint density at radius 3 is 2.38 bits per heavy atom. The van der Waals surface area contributed by atoms with Gasteiger partial charge in [0, 0.05) is 14.1 Å². The van der Waals surface area contributed by atoms with Crippen LogP contribution in [0.15, 0.2) is 18.2 Å². The first-order valence-corrected chi connectivity index (χ1v) is 6.33. The average molecular weight is 293 g/mol. The SMILES string of the molecule is CN(C)C(=O)c1cc(N2C(=O)NC(C)(C)C2=O)ccc1F. The first-order chi connectivity index (χ1) is 9.65. The Balaban J connectivity index is 2.47. The summed E-state index contributed by atoms with van der Waals surface area (Å²) in [5.41, 5.74) is -1.06. The van der Waals surface area contributed by atoms with Gasteiger partial charge in [0.2, 0.25) is 0 Å². The number of anilines is 1. The molecule has 6 nitrogen and oxygen atoms in total. The number of benzene rings is 1. The molecule has 7 heteroatoms. The van der Waals surface area contributed by atoms with Gasteiger partial charge in [-0.15, -0.1) is 0 Å². The fraction of sp³-hybridized carbons (Fsp3) is 0.357. The molecule has 1 aliphatic heterocycles. The topological polar surface area (TPSA) is 69.7 Å². The summed E-state index contributed by atoms with van der Waals surface area (Å²) < 4.78 is 13.8. The molecule has 0 bridgehead atoms. The Kier molecular flexibility index (Phi) is 3.44. The van der Waals surface area contributed by atoms with Crippen LogP contribution in [0.5, 0.6) is 0 Å². The lowest BCUT2D eigenvalue weighted by Gasteiger charge is -2.17. The van der Waals surface area contributed by atoms with Gasteiger partial charge in [-0.1, -0.05) is 0 Å². The number of imide groups is 1. The van der Waals surface area contributed by atoms with E-state index in [9.17, 15) is 18.8 Å². The predicted molar refractivity (Wildman–Crippen MR) is 74.5 cm³/mol. The summed E-state index contributed by atoms with van der Waals surface area (Å²) in [5, 5.41) is 2.53. The van der Waals surface area contributed by atoms with E-state index in [4.69, 9.17) is 0 Å². The Morgan fingerprint density at radius 2 is 1.90 bits per heavy atom. The zero-order chi connectivity index (χ0) is 15.9. The maximum atomic E-state index is 13.8. The Labute approximate surface area is 121 Å². The van der Waals surface area contributed by atoms with Crippen molar-refractivity contribution in [3.05, 3.63) is 29.6 Å². The van der Waals surface area contributed by atoms with Crippen LogP contribution in [-0.2, 0) is 4.79 Å². The molecule has 0 saturated carbocycles. The molecule has 4 amide bonds. The number of carbonyl (C=O) groups excluding carboxylic acids is 3. The monoisotopic (exact) mass is 293 g/mol. The molecule has 0 unspecified atom stereocenters. The lowest BCUT2D eigenvalue weighted by atomic mass is 10.1. The summed E-state index contributed by atoms with van der Waals surface area (Å²) >= 11 is 0. The third-order valence-electron chi connectivity index (χ3n) is 3.21. The van der Waals surface area contributed by atoms with E-state index >= 15 is 0 Å². The summed E-state index contributed by atoms with van der Waals surface area (Å²) in [6, 6.07) is 2.97. The predicted octanol–water partition coefficient (Wildman–Crippen LogP) is 1.36. The van der Waals surface area contributed by atoms with Crippen molar-refractivity contribution in [2.75, 3.05) is 19.0 Å². The van der Waals surface area contributed by atoms with Gasteiger partial charge in [0.25, 0.3) is 11.8 Å². The van der Waals surface area contributed by atoms with Gasteiger partial charge in [0.05, 0.1) is 11.3 Å². The normalized spacial score (nSPS) is 16.9. The van der Waals surface area contributed by atoms with Gasteiger partial charge in [-0.3, -0.25) is 9.59 Å². The lowest BCUT2D eigenvalue weighted by Crippen LogP contribution is -2.40. The Morgan fingerprint density at radius 1 is 1.29 bits per heavy atom. The van der Waals surface area contributed by atoms with Crippen molar-refractivity contribution in [3.63, 3.8) is 0 Å². The van der Waals surface area contributed by atoms with Crippen LogP contribution in [-0.4, -0.2) is 42.4 Å². The van der Waals surface area contributed by atoms with Crippen molar-refractivity contribution in [1.29, 1.82) is 0 Å². The summed E-state index contributed by atoms with van der Waals surface area (Å²) in [6.07, 6.45) is 0. The molecule has 1 N–H and O–H groups in total. The number of nitrogens with one attached hydrogen (secondary N) is 1. The molecule has 1 aromatic carbocycles. The van der Waals surface area contributed by atoms with Gasteiger partial charge in [-0.05, 0) is 32.0 Å². The van der Waals surface area contributed by atoms with Crippen LogP contribution in [0.1, 0.15) is 24.2 Å². The standard InChI is InChI=1S/C14H16FN3O3/c1-14(2)12(20)18(13(21)16-14)8-5-6-10(15)9(7-8)11(19)17(3)4/h5-7H,1-4H3,(H,16,21).